The predicted octanol–water partition coefficient (Wildman–Crippen LogP) is 4.14. The lowest BCUT2D eigenvalue weighted by atomic mass is 9.76. The van der Waals surface area contributed by atoms with E-state index in [0.717, 1.165) is 12.8 Å². The molecule has 1 aromatic rings. The van der Waals surface area contributed by atoms with Gasteiger partial charge in [-0.05, 0) is 49.3 Å². The predicted molar refractivity (Wildman–Crippen MR) is 125 cm³/mol. The van der Waals surface area contributed by atoms with E-state index < -0.39 is 15.1 Å². The van der Waals surface area contributed by atoms with Crippen LogP contribution in [-0.4, -0.2) is 54.8 Å². The Morgan fingerprint density at radius 2 is 1.83 bits per heavy atom. The van der Waals surface area contributed by atoms with Crippen LogP contribution < -0.4 is 0 Å². The molecule has 0 saturated carbocycles. The zero-order valence-corrected chi connectivity index (χ0v) is 21.1. The number of hydroxylamine groups is 2. The summed E-state index contributed by atoms with van der Waals surface area (Å²) >= 11 is 0. The molecule has 1 aliphatic heterocycles. The van der Waals surface area contributed by atoms with Crippen LogP contribution in [0.4, 0.5) is 0 Å². The standard InChI is InChI=1S/C24H43NO4Si/c1-18(2)13-24(14-20(27)17-26)15-21(22(23(3,4)5)29-30(6)7)28-25(24)16-19-11-9-8-10-12-19/h8-12,18,20-22,26-27,30H,13-17H2,1-7H3. The highest BCUT2D eigenvalue weighted by molar-refractivity contribution is 6.48. The zero-order valence-electron chi connectivity index (χ0n) is 20.0. The number of hydrogen-bond acceptors (Lipinski definition) is 5. The van der Waals surface area contributed by atoms with Crippen LogP contribution >= 0.6 is 0 Å². The van der Waals surface area contributed by atoms with Crippen molar-refractivity contribution < 1.29 is 19.5 Å². The van der Waals surface area contributed by atoms with Gasteiger partial charge >= 0.3 is 0 Å². The van der Waals surface area contributed by atoms with Crippen LogP contribution in [0.1, 0.15) is 59.4 Å². The van der Waals surface area contributed by atoms with Crippen LogP contribution in [0.5, 0.6) is 0 Å². The Bertz CT molecular complexity index is 634. The Morgan fingerprint density at radius 1 is 1.20 bits per heavy atom. The van der Waals surface area contributed by atoms with Crippen molar-refractivity contribution in [2.24, 2.45) is 11.3 Å². The molecular formula is C24H43NO4Si. The third-order valence-electron chi connectivity index (χ3n) is 5.77. The number of aliphatic hydroxyl groups excluding tert-OH is 2. The first-order chi connectivity index (χ1) is 14.0. The average molecular weight is 438 g/mol. The Morgan fingerprint density at radius 3 is 2.33 bits per heavy atom. The third kappa shape index (κ3) is 6.87. The Hall–Kier alpha value is -0.763. The lowest BCUT2D eigenvalue weighted by molar-refractivity contribution is -0.224. The summed E-state index contributed by atoms with van der Waals surface area (Å²) < 4.78 is 6.50. The van der Waals surface area contributed by atoms with Gasteiger partial charge in [0, 0.05) is 6.54 Å². The Balaban J connectivity index is 2.41. The van der Waals surface area contributed by atoms with Crippen LogP contribution in [0.3, 0.4) is 0 Å². The first kappa shape index (κ1) is 25.5. The van der Waals surface area contributed by atoms with Gasteiger partial charge in [0.05, 0.1) is 24.4 Å². The quantitative estimate of drug-likeness (QED) is 0.539. The fraction of sp³-hybridized carbons (Fsp3) is 0.750. The summed E-state index contributed by atoms with van der Waals surface area (Å²) in [6.45, 7) is 15.9. The minimum Gasteiger partial charge on any atom is -0.414 e. The van der Waals surface area contributed by atoms with E-state index >= 15 is 0 Å². The SMILES string of the molecule is CC(C)CC1(CC(O)CO)CC(C(O[SiH](C)C)C(C)(C)C)ON1Cc1ccccc1. The van der Waals surface area contributed by atoms with E-state index in [2.05, 4.69) is 64.9 Å². The van der Waals surface area contributed by atoms with Gasteiger partial charge in [0.25, 0.3) is 0 Å². The summed E-state index contributed by atoms with van der Waals surface area (Å²) in [7, 11) is -1.27. The molecule has 1 heterocycles. The van der Waals surface area contributed by atoms with Crippen LogP contribution in [0.15, 0.2) is 30.3 Å². The molecule has 2 rings (SSSR count). The Kier molecular flexibility index (Phi) is 9.10. The van der Waals surface area contributed by atoms with Crippen LogP contribution in [0, 0.1) is 11.3 Å². The van der Waals surface area contributed by atoms with Gasteiger partial charge in [0.1, 0.15) is 6.10 Å². The summed E-state index contributed by atoms with van der Waals surface area (Å²) in [6.07, 6.45) is 1.32. The molecule has 1 aromatic carbocycles. The highest BCUT2D eigenvalue weighted by Crippen LogP contribution is 2.45. The fourth-order valence-electron chi connectivity index (χ4n) is 4.76. The molecule has 30 heavy (non-hydrogen) atoms. The van der Waals surface area contributed by atoms with Crippen molar-refractivity contribution in [1.82, 2.24) is 5.06 Å². The van der Waals surface area contributed by atoms with E-state index in [0.29, 0.717) is 18.9 Å². The second kappa shape index (κ2) is 10.7. The molecule has 1 fully saturated rings. The normalized spacial score (nSPS) is 25.2. The molecule has 1 saturated heterocycles. The largest absolute Gasteiger partial charge is 0.414 e. The van der Waals surface area contributed by atoms with E-state index in [-0.39, 0.29) is 29.8 Å². The molecule has 1 aliphatic rings. The molecule has 0 spiro atoms. The summed E-state index contributed by atoms with van der Waals surface area (Å²) in [6, 6.07) is 10.3. The van der Waals surface area contributed by atoms with Crippen molar-refractivity contribution in [1.29, 1.82) is 0 Å². The molecule has 0 aromatic heterocycles. The second-order valence-corrected chi connectivity index (χ2v) is 13.1. The lowest BCUT2D eigenvalue weighted by Crippen LogP contribution is -2.47. The van der Waals surface area contributed by atoms with Crippen LogP contribution in [0.2, 0.25) is 13.1 Å². The smallest absolute Gasteiger partial charge is 0.171 e. The maximum atomic E-state index is 10.5. The number of aliphatic hydroxyl groups is 2. The number of nitrogens with zero attached hydrogens (tertiary/aromatic N) is 1. The molecule has 0 aliphatic carbocycles. The van der Waals surface area contributed by atoms with E-state index in [9.17, 15) is 10.2 Å². The summed E-state index contributed by atoms with van der Waals surface area (Å²) in [4.78, 5) is 6.65. The van der Waals surface area contributed by atoms with E-state index in [1.54, 1.807) is 0 Å². The molecule has 4 unspecified atom stereocenters. The molecule has 0 amide bonds. The first-order valence-electron chi connectivity index (χ1n) is 11.4. The van der Waals surface area contributed by atoms with Gasteiger partial charge in [-0.3, -0.25) is 4.84 Å². The molecule has 6 heteroatoms. The average Bonchev–Trinajstić information content (AvgIpc) is 2.95. The molecule has 5 nitrogen and oxygen atoms in total. The highest BCUT2D eigenvalue weighted by Gasteiger charge is 2.52. The van der Waals surface area contributed by atoms with Crippen molar-refractivity contribution in [2.75, 3.05) is 6.61 Å². The van der Waals surface area contributed by atoms with E-state index in [1.807, 2.05) is 18.2 Å². The molecule has 2 N–H and O–H groups in total. The fourth-order valence-corrected chi connectivity index (χ4v) is 5.93. The maximum absolute atomic E-state index is 10.5. The monoisotopic (exact) mass is 437 g/mol. The summed E-state index contributed by atoms with van der Waals surface area (Å²) in [5.74, 6) is 0.435. The highest BCUT2D eigenvalue weighted by atomic mass is 28.3. The minimum absolute atomic E-state index is 0.0113. The van der Waals surface area contributed by atoms with Crippen molar-refractivity contribution in [3.8, 4) is 0 Å². The molecule has 4 atom stereocenters. The van der Waals surface area contributed by atoms with Crippen LogP contribution in [-0.2, 0) is 15.8 Å². The second-order valence-electron chi connectivity index (χ2n) is 10.7. The number of benzene rings is 1. The Labute approximate surface area is 185 Å². The lowest BCUT2D eigenvalue weighted by Gasteiger charge is -2.39. The maximum Gasteiger partial charge on any atom is 0.171 e. The summed E-state index contributed by atoms with van der Waals surface area (Å²) in [5, 5.41) is 22.2. The first-order valence-corrected chi connectivity index (χ1v) is 14.2. The van der Waals surface area contributed by atoms with Gasteiger partial charge in [-0.15, -0.1) is 0 Å². The van der Waals surface area contributed by atoms with Crippen molar-refractivity contribution in [3.05, 3.63) is 35.9 Å². The van der Waals surface area contributed by atoms with Crippen LogP contribution in [0.25, 0.3) is 0 Å². The van der Waals surface area contributed by atoms with Gasteiger partial charge in [-0.25, -0.2) is 0 Å². The molecule has 172 valence electrons. The van der Waals surface area contributed by atoms with Crippen molar-refractivity contribution in [2.45, 2.75) is 97.4 Å². The topological polar surface area (TPSA) is 62.2 Å². The molecule has 0 radical (unpaired) electrons. The van der Waals surface area contributed by atoms with Crippen molar-refractivity contribution >= 4 is 9.04 Å². The zero-order chi connectivity index (χ0) is 22.5. The molecule has 0 bridgehead atoms. The van der Waals surface area contributed by atoms with Gasteiger partial charge in [-0.1, -0.05) is 65.0 Å². The molecular weight excluding hydrogens is 394 g/mol. The van der Waals surface area contributed by atoms with Crippen molar-refractivity contribution in [3.63, 3.8) is 0 Å². The van der Waals surface area contributed by atoms with Gasteiger partial charge < -0.3 is 14.6 Å². The van der Waals surface area contributed by atoms with Gasteiger partial charge in [0.15, 0.2) is 9.04 Å². The van der Waals surface area contributed by atoms with Gasteiger partial charge in [0.2, 0.25) is 0 Å². The van der Waals surface area contributed by atoms with E-state index in [4.69, 9.17) is 9.26 Å². The number of hydrogen-bond donors (Lipinski definition) is 2. The van der Waals surface area contributed by atoms with Gasteiger partial charge in [-0.2, -0.15) is 5.06 Å². The summed E-state index contributed by atoms with van der Waals surface area (Å²) in [5.41, 5.74) is 0.780. The van der Waals surface area contributed by atoms with E-state index in [1.165, 1.54) is 5.56 Å². The third-order valence-corrected chi connectivity index (χ3v) is 6.60. The number of rotatable bonds is 10. The minimum atomic E-state index is -1.27.